The number of hydrogen-bond donors (Lipinski definition) is 1. The highest BCUT2D eigenvalue weighted by atomic mass is 79.9. The van der Waals surface area contributed by atoms with Crippen molar-refractivity contribution in [1.82, 2.24) is 0 Å². The van der Waals surface area contributed by atoms with Gasteiger partial charge in [0.05, 0.1) is 5.39 Å². The molecule has 0 bridgehead atoms. The van der Waals surface area contributed by atoms with Gasteiger partial charge in [-0.1, -0.05) is 28.1 Å². The van der Waals surface area contributed by atoms with Gasteiger partial charge in [-0.15, -0.1) is 0 Å². The first-order chi connectivity index (χ1) is 9.22. The van der Waals surface area contributed by atoms with Gasteiger partial charge in [0.15, 0.2) is 0 Å². The molecule has 2 nitrogen and oxygen atoms in total. The van der Waals surface area contributed by atoms with Gasteiger partial charge in [0.1, 0.15) is 11.2 Å². The van der Waals surface area contributed by atoms with Gasteiger partial charge in [0.2, 0.25) is 0 Å². The van der Waals surface area contributed by atoms with Crippen LogP contribution in [0.25, 0.3) is 32.7 Å². The van der Waals surface area contributed by atoms with Gasteiger partial charge in [0.25, 0.3) is 0 Å². The summed E-state index contributed by atoms with van der Waals surface area (Å²) in [4.78, 5) is 0. The molecule has 0 radical (unpaired) electrons. The first-order valence-electron chi connectivity index (χ1n) is 6.02. The number of benzene rings is 3. The molecule has 0 aliphatic heterocycles. The Morgan fingerprint density at radius 2 is 1.79 bits per heavy atom. The van der Waals surface area contributed by atoms with Crippen LogP contribution >= 0.6 is 15.9 Å². The van der Waals surface area contributed by atoms with Gasteiger partial charge in [-0.3, -0.25) is 0 Å². The van der Waals surface area contributed by atoms with E-state index in [9.17, 15) is 0 Å². The molecule has 0 saturated carbocycles. The molecule has 2 N–H and O–H groups in total. The highest BCUT2D eigenvalue weighted by Crippen LogP contribution is 2.35. The third-order valence-electron chi connectivity index (χ3n) is 3.45. The molecule has 1 heterocycles. The van der Waals surface area contributed by atoms with Gasteiger partial charge in [-0.25, -0.2) is 0 Å². The molecule has 0 saturated heterocycles. The van der Waals surface area contributed by atoms with Crippen LogP contribution in [0, 0.1) is 0 Å². The van der Waals surface area contributed by atoms with Crippen LogP contribution < -0.4 is 5.73 Å². The minimum absolute atomic E-state index is 0.757. The van der Waals surface area contributed by atoms with Gasteiger partial charge in [0, 0.05) is 15.5 Å². The second-order valence-electron chi connectivity index (χ2n) is 4.66. The van der Waals surface area contributed by atoms with E-state index in [0.29, 0.717) is 0 Å². The molecule has 4 aromatic rings. The van der Waals surface area contributed by atoms with E-state index in [0.717, 1.165) is 37.5 Å². The fourth-order valence-corrected chi connectivity index (χ4v) is 2.95. The molecule has 0 amide bonds. The Balaban J connectivity index is 2.24. The largest absolute Gasteiger partial charge is 0.456 e. The lowest BCUT2D eigenvalue weighted by molar-refractivity contribution is 0.669. The lowest BCUT2D eigenvalue weighted by Crippen LogP contribution is -1.83. The maximum Gasteiger partial charge on any atom is 0.137 e. The lowest BCUT2D eigenvalue weighted by atomic mass is 10.1. The number of nitrogens with two attached hydrogens (primary N) is 1. The molecule has 3 aromatic carbocycles. The molecule has 0 spiro atoms. The predicted octanol–water partition coefficient (Wildman–Crippen LogP) is 5.08. The van der Waals surface area contributed by atoms with Crippen molar-refractivity contribution in [3.8, 4) is 0 Å². The highest BCUT2D eigenvalue weighted by molar-refractivity contribution is 9.10. The molecule has 19 heavy (non-hydrogen) atoms. The van der Waals surface area contributed by atoms with Crippen LogP contribution in [-0.4, -0.2) is 0 Å². The molecule has 0 unspecified atom stereocenters. The first kappa shape index (κ1) is 10.9. The van der Waals surface area contributed by atoms with Gasteiger partial charge in [-0.2, -0.15) is 0 Å². The Labute approximate surface area is 117 Å². The van der Waals surface area contributed by atoms with Crippen LogP contribution in [0.1, 0.15) is 0 Å². The first-order valence-corrected chi connectivity index (χ1v) is 6.82. The molecule has 0 aliphatic rings. The monoisotopic (exact) mass is 311 g/mol. The van der Waals surface area contributed by atoms with E-state index in [1.54, 1.807) is 0 Å². The molecule has 92 valence electrons. The summed E-state index contributed by atoms with van der Waals surface area (Å²) < 4.78 is 6.95. The van der Waals surface area contributed by atoms with E-state index < -0.39 is 0 Å². The van der Waals surface area contributed by atoms with Crippen molar-refractivity contribution >= 4 is 54.3 Å². The van der Waals surface area contributed by atoms with E-state index >= 15 is 0 Å². The van der Waals surface area contributed by atoms with E-state index in [4.69, 9.17) is 10.2 Å². The van der Waals surface area contributed by atoms with Crippen LogP contribution in [0.5, 0.6) is 0 Å². The average molecular weight is 312 g/mol. The maximum absolute atomic E-state index is 6.07. The van der Waals surface area contributed by atoms with Gasteiger partial charge < -0.3 is 10.2 Å². The number of halogens is 1. The number of hydrogen-bond acceptors (Lipinski definition) is 2. The quantitative estimate of drug-likeness (QED) is 0.460. The highest BCUT2D eigenvalue weighted by Gasteiger charge is 2.10. The Morgan fingerprint density at radius 1 is 0.895 bits per heavy atom. The minimum Gasteiger partial charge on any atom is -0.456 e. The Kier molecular flexibility index (Phi) is 2.15. The number of fused-ring (bicyclic) bond motifs is 4. The lowest BCUT2D eigenvalue weighted by Gasteiger charge is -1.99. The summed E-state index contributed by atoms with van der Waals surface area (Å²) in [6.45, 7) is 0. The average Bonchev–Trinajstić information content (AvgIpc) is 2.74. The van der Waals surface area contributed by atoms with Crippen LogP contribution in [0.3, 0.4) is 0 Å². The molecule has 1 aromatic heterocycles. The van der Waals surface area contributed by atoms with Gasteiger partial charge >= 0.3 is 0 Å². The number of anilines is 1. The number of nitrogen functional groups attached to an aromatic ring is 1. The molecular formula is C16H10BrNO. The summed E-state index contributed by atoms with van der Waals surface area (Å²) in [6, 6.07) is 16.2. The van der Waals surface area contributed by atoms with Crippen molar-refractivity contribution in [3.63, 3.8) is 0 Å². The number of furan rings is 1. The molecule has 0 aliphatic carbocycles. The Hall–Kier alpha value is -2.00. The van der Waals surface area contributed by atoms with Gasteiger partial charge in [-0.05, 0) is 47.2 Å². The third kappa shape index (κ3) is 1.55. The van der Waals surface area contributed by atoms with E-state index in [1.165, 1.54) is 5.39 Å². The predicted molar refractivity (Wildman–Crippen MR) is 83.3 cm³/mol. The maximum atomic E-state index is 6.07. The fourth-order valence-electron chi connectivity index (χ4n) is 2.57. The van der Waals surface area contributed by atoms with Crippen LogP contribution in [0.4, 0.5) is 5.69 Å². The van der Waals surface area contributed by atoms with E-state index in [1.807, 2.05) is 24.3 Å². The summed E-state index contributed by atoms with van der Waals surface area (Å²) in [5.41, 5.74) is 8.54. The van der Waals surface area contributed by atoms with Crippen LogP contribution in [0.15, 0.2) is 57.4 Å². The third-order valence-corrected chi connectivity index (χ3v) is 3.94. The summed E-state index contributed by atoms with van der Waals surface area (Å²) >= 11 is 3.49. The smallest absolute Gasteiger partial charge is 0.137 e. The Bertz CT molecular complexity index is 940. The molecule has 0 fully saturated rings. The summed E-state index contributed by atoms with van der Waals surface area (Å²) in [7, 11) is 0. The van der Waals surface area contributed by atoms with E-state index in [2.05, 4.69) is 40.2 Å². The van der Waals surface area contributed by atoms with Crippen molar-refractivity contribution in [2.24, 2.45) is 0 Å². The fraction of sp³-hybridized carbons (Fsp3) is 0. The van der Waals surface area contributed by atoms with E-state index in [-0.39, 0.29) is 0 Å². The minimum atomic E-state index is 0.757. The van der Waals surface area contributed by atoms with Crippen LogP contribution in [-0.2, 0) is 0 Å². The second kappa shape index (κ2) is 3.75. The van der Waals surface area contributed by atoms with Crippen molar-refractivity contribution in [3.05, 3.63) is 53.0 Å². The molecule has 4 rings (SSSR count). The zero-order chi connectivity index (χ0) is 13.0. The van der Waals surface area contributed by atoms with Crippen molar-refractivity contribution in [1.29, 1.82) is 0 Å². The summed E-state index contributed by atoms with van der Waals surface area (Å²) in [5.74, 6) is 0. The zero-order valence-electron chi connectivity index (χ0n) is 9.98. The van der Waals surface area contributed by atoms with Crippen molar-refractivity contribution in [2.75, 3.05) is 5.73 Å². The summed E-state index contributed by atoms with van der Waals surface area (Å²) in [6.07, 6.45) is 0. The second-order valence-corrected chi connectivity index (χ2v) is 5.58. The zero-order valence-corrected chi connectivity index (χ0v) is 11.6. The standard InChI is InChI=1S/C16H10BrNO/c17-11-5-4-9-7-12-15(8-10(9)6-11)19-14-3-1-2-13(18)16(12)14/h1-8H,18H2. The normalized spacial score (nSPS) is 11.6. The topological polar surface area (TPSA) is 39.2 Å². The van der Waals surface area contributed by atoms with Crippen LogP contribution in [0.2, 0.25) is 0 Å². The molecular weight excluding hydrogens is 302 g/mol. The number of rotatable bonds is 0. The SMILES string of the molecule is Nc1cccc2oc3cc4cc(Br)ccc4cc3c12. The summed E-state index contributed by atoms with van der Waals surface area (Å²) in [5, 5.41) is 4.41. The van der Waals surface area contributed by atoms with Crippen molar-refractivity contribution in [2.45, 2.75) is 0 Å². The molecule has 3 heteroatoms. The van der Waals surface area contributed by atoms with Crippen molar-refractivity contribution < 1.29 is 4.42 Å². The molecule has 0 atom stereocenters. The Morgan fingerprint density at radius 3 is 2.68 bits per heavy atom.